The van der Waals surface area contributed by atoms with Crippen LogP contribution in [0.1, 0.15) is 36.4 Å². The van der Waals surface area contributed by atoms with Crippen LogP contribution in [0.4, 0.5) is 0 Å². The molecule has 2 fully saturated rings. The number of rotatable bonds is 5. The highest BCUT2D eigenvalue weighted by molar-refractivity contribution is 5.25. The molecule has 1 saturated heterocycles. The van der Waals surface area contributed by atoms with Crippen LogP contribution in [0.3, 0.4) is 0 Å². The summed E-state index contributed by atoms with van der Waals surface area (Å²) in [7, 11) is 2.05. The summed E-state index contributed by atoms with van der Waals surface area (Å²) >= 11 is 0. The molecule has 2 aliphatic rings. The minimum atomic E-state index is -0.0446. The summed E-state index contributed by atoms with van der Waals surface area (Å²) in [5.41, 5.74) is 2.71. The Hall–Kier alpha value is -0.900. The molecule has 2 N–H and O–H groups in total. The summed E-state index contributed by atoms with van der Waals surface area (Å²) in [5, 5.41) is 13.5. The lowest BCUT2D eigenvalue weighted by molar-refractivity contribution is 0.124. The normalized spacial score (nSPS) is 30.5. The molecule has 0 amide bonds. The van der Waals surface area contributed by atoms with Crippen molar-refractivity contribution in [1.29, 1.82) is 0 Å². The van der Waals surface area contributed by atoms with Crippen LogP contribution in [0.25, 0.3) is 0 Å². The lowest BCUT2D eigenvalue weighted by Gasteiger charge is -2.22. The zero-order valence-corrected chi connectivity index (χ0v) is 13.3. The molecule has 0 spiro atoms. The van der Waals surface area contributed by atoms with Crippen molar-refractivity contribution in [2.45, 2.75) is 38.3 Å². The van der Waals surface area contributed by atoms with E-state index in [-0.39, 0.29) is 6.10 Å². The average Bonchev–Trinajstić information content (AvgIpc) is 3.02. The second-order valence-electron chi connectivity index (χ2n) is 6.87. The zero-order chi connectivity index (χ0) is 14.8. The molecule has 0 bridgehead atoms. The summed E-state index contributed by atoms with van der Waals surface area (Å²) < 4.78 is 0. The fourth-order valence-electron chi connectivity index (χ4n) is 4.19. The van der Waals surface area contributed by atoms with E-state index in [9.17, 15) is 5.11 Å². The number of nitrogens with one attached hydrogen (secondary N) is 1. The number of aryl methyl sites for hydroxylation is 1. The van der Waals surface area contributed by atoms with E-state index in [1.165, 1.54) is 24.1 Å². The summed E-state index contributed by atoms with van der Waals surface area (Å²) in [5.74, 6) is 1.28. The van der Waals surface area contributed by atoms with Crippen molar-refractivity contribution < 1.29 is 5.11 Å². The van der Waals surface area contributed by atoms with Gasteiger partial charge in [-0.05, 0) is 51.3 Å². The molecular weight excluding hydrogens is 260 g/mol. The molecule has 1 aromatic rings. The van der Waals surface area contributed by atoms with Crippen LogP contribution in [0.15, 0.2) is 24.3 Å². The molecule has 21 heavy (non-hydrogen) atoms. The summed E-state index contributed by atoms with van der Waals surface area (Å²) in [4.78, 5) is 2.55. The number of aliphatic hydroxyl groups is 1. The van der Waals surface area contributed by atoms with Gasteiger partial charge < -0.3 is 15.3 Å². The largest absolute Gasteiger partial charge is 0.393 e. The number of nitrogens with zero attached hydrogens (tertiary/aromatic N) is 1. The van der Waals surface area contributed by atoms with Gasteiger partial charge in [-0.15, -0.1) is 0 Å². The molecule has 116 valence electrons. The van der Waals surface area contributed by atoms with Gasteiger partial charge in [-0.3, -0.25) is 0 Å². The monoisotopic (exact) mass is 288 g/mol. The van der Waals surface area contributed by atoms with Gasteiger partial charge in [-0.25, -0.2) is 0 Å². The maximum absolute atomic E-state index is 10.0. The van der Waals surface area contributed by atoms with E-state index in [2.05, 4.69) is 48.5 Å². The third kappa shape index (κ3) is 3.31. The van der Waals surface area contributed by atoms with E-state index in [0.717, 1.165) is 31.8 Å². The van der Waals surface area contributed by atoms with Crippen LogP contribution in [-0.2, 0) is 0 Å². The minimum absolute atomic E-state index is 0.0446. The van der Waals surface area contributed by atoms with Crippen LogP contribution >= 0.6 is 0 Å². The summed E-state index contributed by atoms with van der Waals surface area (Å²) in [6, 6.07) is 9.22. The van der Waals surface area contributed by atoms with E-state index < -0.39 is 0 Å². The van der Waals surface area contributed by atoms with Crippen molar-refractivity contribution in [1.82, 2.24) is 10.2 Å². The molecule has 4 atom stereocenters. The van der Waals surface area contributed by atoms with Crippen molar-refractivity contribution in [3.8, 4) is 0 Å². The van der Waals surface area contributed by atoms with Gasteiger partial charge in [0.1, 0.15) is 0 Å². The molecular formula is C18H28N2O. The van der Waals surface area contributed by atoms with Gasteiger partial charge >= 0.3 is 0 Å². The Bertz CT molecular complexity index is 476. The molecule has 0 radical (unpaired) electrons. The van der Waals surface area contributed by atoms with Crippen LogP contribution in [-0.4, -0.2) is 42.8 Å². The van der Waals surface area contributed by atoms with E-state index >= 15 is 0 Å². The molecule has 1 aliphatic heterocycles. The highest BCUT2D eigenvalue weighted by Gasteiger charge is 2.41. The second kappa shape index (κ2) is 6.47. The molecule has 3 nitrogen and oxygen atoms in total. The first-order chi connectivity index (χ1) is 10.2. The van der Waals surface area contributed by atoms with Crippen molar-refractivity contribution in [3.63, 3.8) is 0 Å². The SMILES string of the molecule is CNC(CCN1CC2CCC(O)C2C1)c1cccc(C)c1. The van der Waals surface area contributed by atoms with Gasteiger partial charge in [0.25, 0.3) is 0 Å². The predicted octanol–water partition coefficient (Wildman–Crippen LogP) is 2.35. The Kier molecular flexibility index (Phi) is 4.63. The Morgan fingerprint density at radius 1 is 1.33 bits per heavy atom. The Morgan fingerprint density at radius 3 is 2.90 bits per heavy atom. The highest BCUT2D eigenvalue weighted by atomic mass is 16.3. The van der Waals surface area contributed by atoms with Gasteiger partial charge in [0.05, 0.1) is 6.10 Å². The van der Waals surface area contributed by atoms with Crippen molar-refractivity contribution in [3.05, 3.63) is 35.4 Å². The number of aliphatic hydroxyl groups excluding tert-OH is 1. The number of hydrogen-bond donors (Lipinski definition) is 2. The van der Waals surface area contributed by atoms with Crippen LogP contribution < -0.4 is 5.32 Å². The van der Waals surface area contributed by atoms with Gasteiger partial charge in [-0.2, -0.15) is 0 Å². The lowest BCUT2D eigenvalue weighted by Crippen LogP contribution is -2.29. The quantitative estimate of drug-likeness (QED) is 0.873. The molecule has 0 aromatic heterocycles. The van der Waals surface area contributed by atoms with E-state index in [0.29, 0.717) is 12.0 Å². The predicted molar refractivity (Wildman–Crippen MR) is 86.3 cm³/mol. The summed E-state index contributed by atoms with van der Waals surface area (Å²) in [6.45, 7) is 5.56. The van der Waals surface area contributed by atoms with Gasteiger partial charge in [0.15, 0.2) is 0 Å². The van der Waals surface area contributed by atoms with E-state index in [4.69, 9.17) is 0 Å². The molecule has 3 rings (SSSR count). The Balaban J connectivity index is 1.54. The minimum Gasteiger partial charge on any atom is -0.393 e. The third-order valence-corrected chi connectivity index (χ3v) is 5.42. The van der Waals surface area contributed by atoms with Crippen LogP contribution in [0, 0.1) is 18.8 Å². The maximum atomic E-state index is 10.0. The molecule has 1 aliphatic carbocycles. The third-order valence-electron chi connectivity index (χ3n) is 5.42. The fraction of sp³-hybridized carbons (Fsp3) is 0.667. The number of benzene rings is 1. The smallest absolute Gasteiger partial charge is 0.0583 e. The van der Waals surface area contributed by atoms with Crippen LogP contribution in [0.5, 0.6) is 0 Å². The highest BCUT2D eigenvalue weighted by Crippen LogP contribution is 2.38. The number of fused-ring (bicyclic) bond motifs is 1. The molecule has 4 unspecified atom stereocenters. The zero-order valence-electron chi connectivity index (χ0n) is 13.3. The van der Waals surface area contributed by atoms with Crippen molar-refractivity contribution in [2.75, 3.05) is 26.7 Å². The topological polar surface area (TPSA) is 35.5 Å². The van der Waals surface area contributed by atoms with Crippen LogP contribution in [0.2, 0.25) is 0 Å². The first-order valence-electron chi connectivity index (χ1n) is 8.31. The van der Waals surface area contributed by atoms with Gasteiger partial charge in [0.2, 0.25) is 0 Å². The van der Waals surface area contributed by atoms with Gasteiger partial charge in [-0.1, -0.05) is 29.8 Å². The average molecular weight is 288 g/mol. The number of hydrogen-bond acceptors (Lipinski definition) is 3. The Morgan fingerprint density at radius 2 is 2.19 bits per heavy atom. The van der Waals surface area contributed by atoms with Crippen molar-refractivity contribution >= 4 is 0 Å². The lowest BCUT2D eigenvalue weighted by atomic mass is 10.00. The Labute approximate surface area is 128 Å². The number of likely N-dealkylation sites (tertiary alicyclic amines) is 1. The molecule has 1 saturated carbocycles. The molecule has 1 heterocycles. The van der Waals surface area contributed by atoms with E-state index in [1.54, 1.807) is 0 Å². The van der Waals surface area contributed by atoms with E-state index in [1.807, 2.05) is 0 Å². The first-order valence-corrected chi connectivity index (χ1v) is 8.31. The first kappa shape index (κ1) is 15.0. The fourth-order valence-corrected chi connectivity index (χ4v) is 4.19. The van der Waals surface area contributed by atoms with Gasteiger partial charge in [0, 0.05) is 25.0 Å². The second-order valence-corrected chi connectivity index (χ2v) is 6.87. The standard InChI is InChI=1S/C18H28N2O/c1-13-4-3-5-14(10-13)17(19-2)8-9-20-11-15-6-7-18(21)16(15)12-20/h3-5,10,15-19,21H,6-9,11-12H2,1-2H3. The maximum Gasteiger partial charge on any atom is 0.0583 e. The molecule has 3 heteroatoms. The molecule has 1 aromatic carbocycles. The van der Waals surface area contributed by atoms with Crippen molar-refractivity contribution in [2.24, 2.45) is 11.8 Å². The summed E-state index contributed by atoms with van der Waals surface area (Å²) in [6.07, 6.45) is 3.33.